The number of hydrogen-bond acceptors (Lipinski definition) is 6. The molecule has 0 unspecified atom stereocenters. The maximum atomic E-state index is 10.7. The Labute approximate surface area is 251 Å². The second kappa shape index (κ2) is 20.1. The molecule has 0 aromatic heterocycles. The molecule has 8 heteroatoms. The van der Waals surface area contributed by atoms with Crippen LogP contribution in [0.1, 0.15) is 33.4 Å². The Morgan fingerprint density at radius 3 is 1.58 bits per heavy atom. The van der Waals surface area contributed by atoms with Crippen LogP contribution in [0.2, 0.25) is 0 Å². The summed E-state index contributed by atoms with van der Waals surface area (Å²) in [6.45, 7) is 15.5. The van der Waals surface area contributed by atoms with Crippen molar-refractivity contribution in [1.29, 1.82) is 0 Å². The van der Waals surface area contributed by atoms with E-state index in [0.29, 0.717) is 11.5 Å². The van der Waals surface area contributed by atoms with E-state index in [1.165, 1.54) is 59.2 Å². The fraction of sp³-hybridized carbons (Fsp3) is 0.200. The van der Waals surface area contributed by atoms with Gasteiger partial charge in [-0.3, -0.25) is 18.3 Å². The first-order valence-electron chi connectivity index (χ1n) is 11.1. The van der Waals surface area contributed by atoms with Crippen LogP contribution in [0, 0.1) is 27.4 Å². The minimum absolute atomic E-state index is 0. The maximum Gasteiger partial charge on any atom is 2.00 e. The fourth-order valence-electron chi connectivity index (χ4n) is 3.45. The molecule has 3 aromatic carbocycles. The third-order valence-electron chi connectivity index (χ3n) is 5.44. The molecule has 0 fully saturated rings. The van der Waals surface area contributed by atoms with Crippen molar-refractivity contribution >= 4 is 17.3 Å². The van der Waals surface area contributed by atoms with E-state index in [0.717, 1.165) is 12.8 Å². The van der Waals surface area contributed by atoms with Gasteiger partial charge >= 0.3 is 45.3 Å². The topological polar surface area (TPSA) is 71.1 Å². The van der Waals surface area contributed by atoms with E-state index in [-0.39, 0.29) is 34.7 Å². The van der Waals surface area contributed by atoms with E-state index < -0.39 is 5.97 Å². The van der Waals surface area contributed by atoms with Gasteiger partial charge in [0.25, 0.3) is 0 Å². The molecule has 3 rings (SSSR count). The van der Waals surface area contributed by atoms with Crippen molar-refractivity contribution in [3.63, 3.8) is 0 Å². The summed E-state index contributed by atoms with van der Waals surface area (Å²) in [7, 11) is 0. The van der Waals surface area contributed by atoms with Gasteiger partial charge in [0.05, 0.1) is 0 Å². The third kappa shape index (κ3) is 12.1. The molecular weight excluding hydrogens is 824 g/mol. The van der Waals surface area contributed by atoms with Crippen LogP contribution in [0.3, 0.4) is 0 Å². The van der Waals surface area contributed by atoms with E-state index in [4.69, 9.17) is 9.47 Å². The van der Waals surface area contributed by atoms with E-state index in [1.54, 1.807) is 0 Å². The van der Waals surface area contributed by atoms with E-state index >= 15 is 0 Å². The largest absolute Gasteiger partial charge is 2.00 e. The molecule has 0 aliphatic heterocycles. The van der Waals surface area contributed by atoms with Crippen molar-refractivity contribution in [1.82, 2.24) is 0 Å². The SMILES string of the molecule is [CH-]=C.[CH2-]C(=O)OCOc1ccc(Cc2ccc(Cc3ccc(OCO[C-]=O)cc3)c(C)c2C)cc1.[CH2]=[W].[W+2]. The molecule has 0 saturated carbocycles. The minimum Gasteiger partial charge on any atom is 2.00 e. The zero-order chi connectivity index (χ0) is 27.6. The summed E-state index contributed by atoms with van der Waals surface area (Å²) in [6, 6.07) is 19.8. The average Bonchev–Trinajstić information content (AvgIpc) is 2.92. The smallest absolute Gasteiger partial charge is 2.00 e. The fourth-order valence-corrected chi connectivity index (χ4v) is 3.45. The summed E-state index contributed by atoms with van der Waals surface area (Å²) in [6.07, 6.45) is 1.63. The van der Waals surface area contributed by atoms with Crippen molar-refractivity contribution in [2.24, 2.45) is 0 Å². The van der Waals surface area contributed by atoms with E-state index in [1.807, 2.05) is 48.5 Å². The Kier molecular flexibility index (Phi) is 18.5. The first kappa shape index (κ1) is 35.1. The van der Waals surface area contributed by atoms with Gasteiger partial charge in [0.2, 0.25) is 6.79 Å². The summed E-state index contributed by atoms with van der Waals surface area (Å²) in [5.74, 6) is 0.651. The predicted octanol–water partition coefficient (Wildman–Crippen LogP) is 5.19. The van der Waals surface area contributed by atoms with Gasteiger partial charge in [-0.25, -0.2) is 0 Å². The normalized spacial score (nSPS) is 9.21. The zero-order valence-corrected chi connectivity index (χ0v) is 27.4. The van der Waals surface area contributed by atoms with Gasteiger partial charge in [0, 0.05) is 0 Å². The molecule has 200 valence electrons. The molecule has 0 N–H and O–H groups in total. The number of hydrogen-bond donors (Lipinski definition) is 0. The zero-order valence-electron chi connectivity index (χ0n) is 21.6. The Bertz CT molecular complexity index is 1110. The average molecular weight is 855 g/mol. The molecule has 0 spiro atoms. The third-order valence-corrected chi connectivity index (χ3v) is 5.44. The molecule has 0 aliphatic carbocycles. The number of carbonyl (C=O) groups is 1. The van der Waals surface area contributed by atoms with E-state index in [2.05, 4.69) is 60.4 Å². The molecule has 0 saturated heterocycles. The van der Waals surface area contributed by atoms with Crippen LogP contribution < -0.4 is 9.47 Å². The Balaban J connectivity index is 0.00000261. The van der Waals surface area contributed by atoms with Gasteiger partial charge in [-0.2, -0.15) is 0 Å². The Morgan fingerprint density at radius 1 is 0.816 bits per heavy atom. The molecule has 0 atom stereocenters. The molecule has 0 bridgehead atoms. The van der Waals surface area contributed by atoms with Gasteiger partial charge in [0.1, 0.15) is 11.5 Å². The molecule has 0 radical (unpaired) electrons. The number of rotatable bonds is 11. The molecule has 0 heterocycles. The quantitative estimate of drug-likeness (QED) is 0.115. The minimum atomic E-state index is -0.619. The van der Waals surface area contributed by atoms with E-state index in [9.17, 15) is 9.59 Å². The number of ether oxygens (including phenoxy) is 4. The molecule has 3 aromatic rings. The summed E-state index contributed by atoms with van der Waals surface area (Å²) in [5.41, 5.74) is 7.42. The molecular formula is C30H31O6W2-. The van der Waals surface area contributed by atoms with Gasteiger partial charge in [0.15, 0.2) is 12.8 Å². The van der Waals surface area contributed by atoms with Crippen molar-refractivity contribution in [3.8, 4) is 11.5 Å². The van der Waals surface area contributed by atoms with Crippen LogP contribution in [0.5, 0.6) is 11.5 Å². The second-order valence-corrected chi connectivity index (χ2v) is 7.54. The predicted molar refractivity (Wildman–Crippen MR) is 141 cm³/mol. The van der Waals surface area contributed by atoms with Gasteiger partial charge in [-0.15, -0.1) is 0 Å². The van der Waals surface area contributed by atoms with Crippen molar-refractivity contribution in [3.05, 3.63) is 114 Å². The van der Waals surface area contributed by atoms with Crippen LogP contribution in [0.25, 0.3) is 0 Å². The summed E-state index contributed by atoms with van der Waals surface area (Å²) in [5, 5.41) is 0. The number of benzene rings is 3. The molecule has 38 heavy (non-hydrogen) atoms. The van der Waals surface area contributed by atoms with Crippen LogP contribution in [0.15, 0.2) is 67.2 Å². The number of esters is 1. The Morgan fingerprint density at radius 2 is 1.21 bits per heavy atom. The molecule has 0 amide bonds. The van der Waals surface area contributed by atoms with Crippen molar-refractivity contribution in [2.45, 2.75) is 26.7 Å². The van der Waals surface area contributed by atoms with Gasteiger partial charge in [-0.05, 0) is 84.3 Å². The summed E-state index contributed by atoms with van der Waals surface area (Å²) >= 11 is 1.33. The maximum absolute atomic E-state index is 10.7. The summed E-state index contributed by atoms with van der Waals surface area (Å²) in [4.78, 5) is 24.1. The first-order chi connectivity index (χ1) is 18.0. The van der Waals surface area contributed by atoms with Crippen LogP contribution in [0.4, 0.5) is 0 Å². The standard InChI is InChI=1S/C27H26O6.C2H3.CH2.2W/c1-19-20(2)25(15-23-6-12-27(13-7-23)33-18-31-21(3)29)9-8-24(19)14-22-4-10-26(11-5-22)32-17-30-16-28;1-2;;;/h4-13H,3,14-15,17-18H2,1-2H3;1H,2H2;1H2;;/q-2;-1;;;+2. The number of carbonyl (C=O) groups excluding carboxylic acids is 2. The first-order valence-corrected chi connectivity index (χ1v) is 13.2. The van der Waals surface area contributed by atoms with Crippen molar-refractivity contribution < 1.29 is 69.0 Å². The van der Waals surface area contributed by atoms with Crippen molar-refractivity contribution in [2.75, 3.05) is 13.6 Å². The second-order valence-electron chi connectivity index (χ2n) is 7.54. The van der Waals surface area contributed by atoms with Gasteiger partial charge in [-0.1, -0.05) is 42.9 Å². The van der Waals surface area contributed by atoms with Crippen LogP contribution >= 0.6 is 0 Å². The Hall–Kier alpha value is -2.94. The summed E-state index contributed by atoms with van der Waals surface area (Å²) < 4.78 is 19.8. The molecule has 0 aliphatic rings. The monoisotopic (exact) mass is 855 g/mol. The molecule has 6 nitrogen and oxygen atoms in total. The van der Waals surface area contributed by atoms with Crippen LogP contribution in [-0.2, 0) is 72.3 Å². The van der Waals surface area contributed by atoms with Gasteiger partial charge < -0.3 is 30.3 Å². The van der Waals surface area contributed by atoms with Crippen LogP contribution in [-0.4, -0.2) is 30.9 Å².